The number of sulfonamides is 1. The van der Waals surface area contributed by atoms with Crippen molar-refractivity contribution in [2.24, 2.45) is 5.92 Å². The van der Waals surface area contributed by atoms with Crippen LogP contribution in [0.2, 0.25) is 0 Å². The van der Waals surface area contributed by atoms with E-state index in [0.29, 0.717) is 35.3 Å². The van der Waals surface area contributed by atoms with Gasteiger partial charge in [0.05, 0.1) is 26.0 Å². The first-order valence-corrected chi connectivity index (χ1v) is 21.1. The number of methoxy groups -OCH3 is 1. The minimum absolute atomic E-state index is 0.0122. The fraction of sp³-hybridized carbons (Fsp3) is 0.575. The number of amides is 5. The van der Waals surface area contributed by atoms with Gasteiger partial charge in [0.2, 0.25) is 21.8 Å². The standard InChI is InChI=1S/C40H52FN5O10S/c1-39(2,3)56-37(50)42-32-17-9-7-5-6-8-14-27-20-40(27,36(49)44-57(52,53)24-25-12-10-15-28(18-25)54-4)43-34(47)33-19-29(22-46(33)35(32)48)55-38(51)45-21-26-13-11-16-31(41)30(26)23-45/h10-13,15-16,18,27,29,32-33H,5-9,14,17,19-24H2,1-4H3,(H,42,50)(H,43,47)(H,44,49)/t27-,29-,32+,33+,40-/m1/s1. The van der Waals surface area contributed by atoms with Gasteiger partial charge in [-0.3, -0.25) is 24.0 Å². The zero-order valence-electron chi connectivity index (χ0n) is 32.8. The summed E-state index contributed by atoms with van der Waals surface area (Å²) < 4.78 is 59.8. The van der Waals surface area contributed by atoms with Gasteiger partial charge in [0.15, 0.2) is 0 Å². The van der Waals surface area contributed by atoms with E-state index in [4.69, 9.17) is 14.2 Å². The van der Waals surface area contributed by atoms with Gasteiger partial charge in [0.1, 0.15) is 40.9 Å². The van der Waals surface area contributed by atoms with E-state index >= 15 is 0 Å². The molecule has 0 aromatic heterocycles. The molecule has 1 saturated carbocycles. The highest BCUT2D eigenvalue weighted by Gasteiger charge is 2.62. The quantitative estimate of drug-likeness (QED) is 0.361. The summed E-state index contributed by atoms with van der Waals surface area (Å²) in [6.07, 6.45) is 1.99. The van der Waals surface area contributed by atoms with Crippen molar-refractivity contribution in [2.45, 2.75) is 127 Å². The van der Waals surface area contributed by atoms with E-state index in [1.165, 1.54) is 23.0 Å². The Hall–Kier alpha value is -4.93. The number of carbonyl (C=O) groups excluding carboxylic acids is 5. The van der Waals surface area contributed by atoms with Crippen molar-refractivity contribution in [1.82, 2.24) is 25.2 Å². The molecule has 3 N–H and O–H groups in total. The van der Waals surface area contributed by atoms with Crippen LogP contribution in [0.4, 0.5) is 14.0 Å². The summed E-state index contributed by atoms with van der Waals surface area (Å²) >= 11 is 0. The second-order valence-electron chi connectivity index (χ2n) is 16.4. The van der Waals surface area contributed by atoms with Gasteiger partial charge < -0.3 is 29.7 Å². The fourth-order valence-corrected chi connectivity index (χ4v) is 9.15. The van der Waals surface area contributed by atoms with Crippen LogP contribution in [-0.2, 0) is 52.7 Å². The van der Waals surface area contributed by atoms with Crippen LogP contribution in [-0.4, -0.2) is 91.1 Å². The molecule has 2 aromatic carbocycles. The molecule has 0 spiro atoms. The molecule has 3 aliphatic heterocycles. The molecule has 5 atom stereocenters. The molecule has 2 aromatic rings. The third kappa shape index (κ3) is 10.1. The van der Waals surface area contributed by atoms with Gasteiger partial charge in [-0.25, -0.2) is 22.4 Å². The smallest absolute Gasteiger partial charge is 0.410 e. The summed E-state index contributed by atoms with van der Waals surface area (Å²) in [4.78, 5) is 71.7. The van der Waals surface area contributed by atoms with Gasteiger partial charge in [-0.15, -0.1) is 0 Å². The lowest BCUT2D eigenvalue weighted by atomic mass is 10.0. The molecule has 3 heterocycles. The number of alkyl carbamates (subject to hydrolysis) is 1. The number of carbonyl (C=O) groups is 5. The number of benzene rings is 2. The Bertz CT molecular complexity index is 1990. The van der Waals surface area contributed by atoms with Crippen molar-refractivity contribution >= 4 is 39.9 Å². The Kier molecular flexibility index (Phi) is 12.4. The summed E-state index contributed by atoms with van der Waals surface area (Å²) in [7, 11) is -2.77. The van der Waals surface area contributed by atoms with Crippen LogP contribution in [0.3, 0.4) is 0 Å². The SMILES string of the molecule is COc1cccc(CS(=O)(=O)NC(=O)[C@@]23C[C@H]2CCCCCCC[C@H](NC(=O)OC(C)(C)C)C(=O)N2C[C@H](OC(=O)N4Cc5cccc(F)c5C4)C[C@H]2C(=O)N3)c1. The Morgan fingerprint density at radius 3 is 2.44 bits per heavy atom. The summed E-state index contributed by atoms with van der Waals surface area (Å²) in [6.45, 7) is 4.98. The molecule has 310 valence electrons. The van der Waals surface area contributed by atoms with Crippen LogP contribution < -0.4 is 20.1 Å². The number of ether oxygens (including phenoxy) is 3. The van der Waals surface area contributed by atoms with Gasteiger partial charge in [-0.1, -0.05) is 56.4 Å². The second-order valence-corrected chi connectivity index (χ2v) is 18.2. The minimum Gasteiger partial charge on any atom is -0.497 e. The first kappa shape index (κ1) is 41.7. The number of fused-ring (bicyclic) bond motifs is 3. The van der Waals surface area contributed by atoms with Crippen LogP contribution in [0, 0.1) is 11.7 Å². The lowest BCUT2D eigenvalue weighted by Gasteiger charge is -2.30. The highest BCUT2D eigenvalue weighted by atomic mass is 32.2. The van der Waals surface area contributed by atoms with Crippen molar-refractivity contribution in [3.8, 4) is 5.75 Å². The van der Waals surface area contributed by atoms with E-state index in [0.717, 1.165) is 25.7 Å². The number of hydrogen-bond donors (Lipinski definition) is 3. The van der Waals surface area contributed by atoms with Crippen LogP contribution in [0.25, 0.3) is 0 Å². The lowest BCUT2D eigenvalue weighted by Crippen LogP contribution is -2.58. The Morgan fingerprint density at radius 2 is 1.72 bits per heavy atom. The third-order valence-electron chi connectivity index (χ3n) is 10.9. The van der Waals surface area contributed by atoms with E-state index in [2.05, 4.69) is 15.4 Å². The fourth-order valence-electron chi connectivity index (χ4n) is 8.00. The minimum atomic E-state index is -4.22. The zero-order valence-corrected chi connectivity index (χ0v) is 33.6. The zero-order chi connectivity index (χ0) is 41.1. The first-order valence-electron chi connectivity index (χ1n) is 19.5. The highest BCUT2D eigenvalue weighted by molar-refractivity contribution is 7.89. The normalized spacial score (nSPS) is 25.4. The summed E-state index contributed by atoms with van der Waals surface area (Å²) in [5, 5.41) is 5.52. The third-order valence-corrected chi connectivity index (χ3v) is 12.1. The van der Waals surface area contributed by atoms with Crippen molar-refractivity contribution in [3.63, 3.8) is 0 Å². The van der Waals surface area contributed by atoms with Crippen LogP contribution in [0.1, 0.15) is 95.2 Å². The molecular weight excluding hydrogens is 762 g/mol. The van der Waals surface area contributed by atoms with Crippen molar-refractivity contribution < 1.29 is 51.0 Å². The van der Waals surface area contributed by atoms with Crippen molar-refractivity contribution in [2.75, 3.05) is 13.7 Å². The maximum atomic E-state index is 14.5. The van der Waals surface area contributed by atoms with Crippen LogP contribution >= 0.6 is 0 Å². The molecule has 15 nitrogen and oxygen atoms in total. The Labute approximate surface area is 332 Å². The molecule has 57 heavy (non-hydrogen) atoms. The predicted octanol–water partition coefficient (Wildman–Crippen LogP) is 4.41. The van der Waals surface area contributed by atoms with Crippen molar-refractivity contribution in [1.29, 1.82) is 0 Å². The number of hydrogen-bond acceptors (Lipinski definition) is 10. The highest BCUT2D eigenvalue weighted by Crippen LogP contribution is 2.48. The van der Waals surface area contributed by atoms with E-state index in [-0.39, 0.29) is 44.8 Å². The molecular formula is C40H52FN5O10S. The van der Waals surface area contributed by atoms with Gasteiger partial charge in [0, 0.05) is 18.5 Å². The van der Waals surface area contributed by atoms with E-state index in [1.54, 1.807) is 57.2 Å². The molecule has 0 bridgehead atoms. The molecule has 3 fully saturated rings. The molecule has 17 heteroatoms. The Balaban J connectivity index is 1.24. The van der Waals surface area contributed by atoms with Crippen LogP contribution in [0.15, 0.2) is 42.5 Å². The number of nitrogens with zero attached hydrogens (tertiary/aromatic N) is 2. The molecule has 4 aliphatic rings. The second kappa shape index (κ2) is 16.9. The monoisotopic (exact) mass is 813 g/mol. The largest absolute Gasteiger partial charge is 0.497 e. The molecule has 1 aliphatic carbocycles. The maximum absolute atomic E-state index is 14.5. The molecule has 0 radical (unpaired) electrons. The first-order chi connectivity index (χ1) is 27.0. The number of rotatable bonds is 7. The van der Waals surface area contributed by atoms with E-state index < -0.39 is 80.8 Å². The van der Waals surface area contributed by atoms with Crippen molar-refractivity contribution in [3.05, 3.63) is 65.0 Å². The molecule has 0 unspecified atom stereocenters. The maximum Gasteiger partial charge on any atom is 0.410 e. The van der Waals surface area contributed by atoms with Gasteiger partial charge in [0.25, 0.3) is 5.91 Å². The lowest BCUT2D eigenvalue weighted by molar-refractivity contribution is -0.141. The average Bonchev–Trinajstić information content (AvgIpc) is 3.42. The topological polar surface area (TPSA) is 190 Å². The summed E-state index contributed by atoms with van der Waals surface area (Å²) in [5.74, 6) is -3.07. The Morgan fingerprint density at radius 1 is 1.00 bits per heavy atom. The van der Waals surface area contributed by atoms with Crippen LogP contribution in [0.5, 0.6) is 5.75 Å². The van der Waals surface area contributed by atoms with Gasteiger partial charge >= 0.3 is 12.2 Å². The number of halogens is 1. The molecule has 6 rings (SSSR count). The number of nitrogens with one attached hydrogen (secondary N) is 3. The van der Waals surface area contributed by atoms with E-state index in [1.807, 2.05) is 0 Å². The van der Waals surface area contributed by atoms with Gasteiger partial charge in [-0.2, -0.15) is 0 Å². The summed E-state index contributed by atoms with van der Waals surface area (Å²) in [6, 6.07) is 8.71. The molecule has 2 saturated heterocycles. The predicted molar refractivity (Wildman–Crippen MR) is 204 cm³/mol. The summed E-state index contributed by atoms with van der Waals surface area (Å²) in [5.41, 5.74) is -1.000. The van der Waals surface area contributed by atoms with Gasteiger partial charge in [-0.05, 0) is 75.3 Å². The van der Waals surface area contributed by atoms with E-state index in [9.17, 15) is 36.8 Å². The molecule has 5 amide bonds. The average molecular weight is 814 g/mol.